The molecule has 0 aliphatic rings. The van der Waals surface area contributed by atoms with Crippen LogP contribution in [0.2, 0.25) is 10.0 Å². The maximum atomic E-state index is 12.5. The lowest BCUT2D eigenvalue weighted by Crippen LogP contribution is -2.04. The number of carbonyl (C=O) groups excluding carboxylic acids is 1. The van der Waals surface area contributed by atoms with Crippen LogP contribution >= 0.6 is 23.2 Å². The van der Waals surface area contributed by atoms with Gasteiger partial charge in [-0.1, -0.05) is 23.2 Å². The van der Waals surface area contributed by atoms with Crippen molar-refractivity contribution in [1.82, 2.24) is 0 Å². The fourth-order valence-electron chi connectivity index (χ4n) is 2.23. The topological polar surface area (TPSA) is 26.3 Å². The Morgan fingerprint density at radius 1 is 1.05 bits per heavy atom. The molecule has 0 spiro atoms. The fraction of sp³-hybridized carbons (Fsp3) is 0.188. The van der Waals surface area contributed by atoms with E-state index in [4.69, 9.17) is 27.9 Å². The average Bonchev–Trinajstić information content (AvgIpc) is 2.40. The Kier molecular flexibility index (Phi) is 4.36. The molecular weight excluding hydrogens is 295 g/mol. The van der Waals surface area contributed by atoms with Gasteiger partial charge in [0.1, 0.15) is 5.75 Å². The van der Waals surface area contributed by atoms with Crippen molar-refractivity contribution in [2.24, 2.45) is 0 Å². The van der Waals surface area contributed by atoms with E-state index in [1.807, 2.05) is 13.8 Å². The highest BCUT2D eigenvalue weighted by atomic mass is 35.5. The van der Waals surface area contributed by atoms with Crippen LogP contribution in [0.1, 0.15) is 27.0 Å². The predicted octanol–water partition coefficient (Wildman–Crippen LogP) is 4.85. The molecule has 0 N–H and O–H groups in total. The largest absolute Gasteiger partial charge is 0.496 e. The zero-order chi connectivity index (χ0) is 14.9. The summed E-state index contributed by atoms with van der Waals surface area (Å²) in [6, 6.07) is 8.46. The van der Waals surface area contributed by atoms with E-state index in [-0.39, 0.29) is 5.78 Å². The number of hydrogen-bond donors (Lipinski definition) is 0. The molecule has 0 unspecified atom stereocenters. The monoisotopic (exact) mass is 308 g/mol. The summed E-state index contributed by atoms with van der Waals surface area (Å²) >= 11 is 12.0. The van der Waals surface area contributed by atoms with Gasteiger partial charge in [0, 0.05) is 16.1 Å². The number of benzene rings is 2. The zero-order valence-corrected chi connectivity index (χ0v) is 13.0. The molecule has 2 aromatic carbocycles. The summed E-state index contributed by atoms with van der Waals surface area (Å²) in [5.74, 6) is 0.644. The quantitative estimate of drug-likeness (QED) is 0.758. The van der Waals surface area contributed by atoms with Gasteiger partial charge in [-0.25, -0.2) is 0 Å². The van der Waals surface area contributed by atoms with Crippen LogP contribution in [0.4, 0.5) is 0 Å². The van der Waals surface area contributed by atoms with Crippen LogP contribution in [0.3, 0.4) is 0 Å². The number of ketones is 1. The number of methoxy groups -OCH3 is 1. The van der Waals surface area contributed by atoms with Crippen molar-refractivity contribution in [3.8, 4) is 5.75 Å². The minimum atomic E-state index is -0.147. The molecule has 20 heavy (non-hydrogen) atoms. The average molecular weight is 309 g/mol. The van der Waals surface area contributed by atoms with Gasteiger partial charge >= 0.3 is 0 Å². The number of aryl methyl sites for hydroxylation is 2. The van der Waals surface area contributed by atoms with Gasteiger partial charge in [0.05, 0.1) is 12.1 Å². The van der Waals surface area contributed by atoms with Crippen LogP contribution in [0.5, 0.6) is 5.75 Å². The van der Waals surface area contributed by atoms with E-state index in [1.165, 1.54) is 0 Å². The van der Waals surface area contributed by atoms with Crippen molar-refractivity contribution in [2.45, 2.75) is 13.8 Å². The smallest absolute Gasteiger partial charge is 0.194 e. The molecule has 0 amide bonds. The third-order valence-corrected chi connectivity index (χ3v) is 3.66. The maximum Gasteiger partial charge on any atom is 0.194 e. The summed E-state index contributed by atoms with van der Waals surface area (Å²) in [6.07, 6.45) is 0. The van der Waals surface area contributed by atoms with Gasteiger partial charge in [-0.2, -0.15) is 0 Å². The SMILES string of the molecule is COc1c(C)cc(C(=O)c2cc(Cl)ccc2Cl)cc1C. The van der Waals surface area contributed by atoms with E-state index in [9.17, 15) is 4.79 Å². The van der Waals surface area contributed by atoms with Crippen LogP contribution in [-0.4, -0.2) is 12.9 Å². The van der Waals surface area contributed by atoms with Crippen molar-refractivity contribution < 1.29 is 9.53 Å². The molecular formula is C16H14Cl2O2. The van der Waals surface area contributed by atoms with E-state index in [0.29, 0.717) is 21.2 Å². The second kappa shape index (κ2) is 5.86. The summed E-state index contributed by atoms with van der Waals surface area (Å²) in [7, 11) is 1.62. The molecule has 0 aliphatic heterocycles. The molecule has 2 rings (SSSR count). The Hall–Kier alpha value is -1.51. The van der Waals surface area contributed by atoms with Crippen LogP contribution in [0.15, 0.2) is 30.3 Å². The summed E-state index contributed by atoms with van der Waals surface area (Å²) < 4.78 is 5.30. The lowest BCUT2D eigenvalue weighted by Gasteiger charge is -2.11. The number of carbonyl (C=O) groups is 1. The van der Waals surface area contributed by atoms with Gasteiger partial charge in [0.15, 0.2) is 5.78 Å². The Labute approximate surface area is 128 Å². The van der Waals surface area contributed by atoms with Gasteiger partial charge in [-0.05, 0) is 55.3 Å². The number of hydrogen-bond acceptors (Lipinski definition) is 2. The molecule has 0 radical (unpaired) electrons. The fourth-order valence-corrected chi connectivity index (χ4v) is 2.61. The Balaban J connectivity index is 2.51. The third kappa shape index (κ3) is 2.82. The lowest BCUT2D eigenvalue weighted by molar-refractivity contribution is 0.103. The number of halogens is 2. The van der Waals surface area contributed by atoms with Crippen molar-refractivity contribution in [1.29, 1.82) is 0 Å². The Bertz CT molecular complexity index is 655. The van der Waals surface area contributed by atoms with Gasteiger partial charge in [0.25, 0.3) is 0 Å². The summed E-state index contributed by atoms with van der Waals surface area (Å²) in [4.78, 5) is 12.5. The summed E-state index contributed by atoms with van der Waals surface area (Å²) in [6.45, 7) is 3.81. The highest BCUT2D eigenvalue weighted by Gasteiger charge is 2.16. The molecule has 0 bridgehead atoms. The van der Waals surface area contributed by atoms with Crippen molar-refractivity contribution >= 4 is 29.0 Å². The van der Waals surface area contributed by atoms with Crippen molar-refractivity contribution in [3.05, 3.63) is 62.6 Å². The first-order valence-corrected chi connectivity index (χ1v) is 6.84. The second-order valence-corrected chi connectivity index (χ2v) is 5.44. The van der Waals surface area contributed by atoms with Gasteiger partial charge < -0.3 is 4.74 Å². The van der Waals surface area contributed by atoms with E-state index >= 15 is 0 Å². The molecule has 104 valence electrons. The molecule has 0 aliphatic carbocycles. The first kappa shape index (κ1) is 14.9. The van der Waals surface area contributed by atoms with Crippen molar-refractivity contribution in [2.75, 3.05) is 7.11 Å². The molecule has 0 saturated carbocycles. The van der Waals surface area contributed by atoms with E-state index in [1.54, 1.807) is 37.4 Å². The van der Waals surface area contributed by atoms with Crippen LogP contribution < -0.4 is 4.74 Å². The molecule has 0 atom stereocenters. The standard InChI is InChI=1S/C16H14Cl2O2/c1-9-6-11(7-10(2)16(9)20-3)15(19)13-8-12(17)4-5-14(13)18/h4-8H,1-3H3. The number of rotatable bonds is 3. The third-order valence-electron chi connectivity index (χ3n) is 3.10. The highest BCUT2D eigenvalue weighted by molar-refractivity contribution is 6.36. The number of ether oxygens (including phenoxy) is 1. The first-order chi connectivity index (χ1) is 9.43. The molecule has 0 aromatic heterocycles. The maximum absolute atomic E-state index is 12.5. The molecule has 0 fully saturated rings. The minimum absolute atomic E-state index is 0.147. The van der Waals surface area contributed by atoms with Gasteiger partial charge in [0.2, 0.25) is 0 Å². The van der Waals surface area contributed by atoms with E-state index in [0.717, 1.165) is 16.9 Å². The van der Waals surface area contributed by atoms with Crippen LogP contribution in [0.25, 0.3) is 0 Å². The van der Waals surface area contributed by atoms with Gasteiger partial charge in [-0.15, -0.1) is 0 Å². The van der Waals surface area contributed by atoms with E-state index < -0.39 is 0 Å². The van der Waals surface area contributed by atoms with Crippen LogP contribution in [-0.2, 0) is 0 Å². The molecule has 2 nitrogen and oxygen atoms in total. The van der Waals surface area contributed by atoms with Crippen LogP contribution in [0, 0.1) is 13.8 Å². The lowest BCUT2D eigenvalue weighted by atomic mass is 9.98. The summed E-state index contributed by atoms with van der Waals surface area (Å²) in [5.41, 5.74) is 2.80. The normalized spacial score (nSPS) is 10.4. The highest BCUT2D eigenvalue weighted by Crippen LogP contribution is 2.28. The van der Waals surface area contributed by atoms with E-state index in [2.05, 4.69) is 0 Å². The van der Waals surface area contributed by atoms with Crippen molar-refractivity contribution in [3.63, 3.8) is 0 Å². The molecule has 0 saturated heterocycles. The second-order valence-electron chi connectivity index (χ2n) is 4.60. The predicted molar refractivity (Wildman–Crippen MR) is 82.4 cm³/mol. The minimum Gasteiger partial charge on any atom is -0.496 e. The summed E-state index contributed by atoms with van der Waals surface area (Å²) in [5, 5.41) is 0.880. The molecule has 2 aromatic rings. The molecule has 4 heteroatoms. The van der Waals surface area contributed by atoms with Gasteiger partial charge in [-0.3, -0.25) is 4.79 Å². The Morgan fingerprint density at radius 2 is 1.65 bits per heavy atom. The first-order valence-electron chi connectivity index (χ1n) is 6.09. The zero-order valence-electron chi connectivity index (χ0n) is 11.5. The molecule has 0 heterocycles. The Morgan fingerprint density at radius 3 is 2.20 bits per heavy atom.